The number of alkyl halides is 3. The van der Waals surface area contributed by atoms with Crippen LogP contribution >= 0.6 is 11.6 Å². The molecule has 1 aliphatic rings. The number of hydrogen-bond donors (Lipinski definition) is 0. The van der Waals surface area contributed by atoms with Crippen LogP contribution in [0.1, 0.15) is 28.7 Å². The van der Waals surface area contributed by atoms with E-state index in [1.165, 1.54) is 18.2 Å². The second-order valence-corrected chi connectivity index (χ2v) is 8.73. The molecule has 1 saturated heterocycles. The Kier molecular flexibility index (Phi) is 7.11. The number of anilines is 1. The third kappa shape index (κ3) is 5.35. The summed E-state index contributed by atoms with van der Waals surface area (Å²) in [5.41, 5.74) is 0.995. The highest BCUT2D eigenvalue weighted by atomic mass is 35.5. The number of likely N-dealkylation sites (tertiary alicyclic amines) is 1. The smallest absolute Gasteiger partial charge is 0.363 e. The van der Waals surface area contributed by atoms with Gasteiger partial charge in [0.15, 0.2) is 0 Å². The van der Waals surface area contributed by atoms with E-state index in [1.807, 2.05) is 11.0 Å². The minimum atomic E-state index is -4.48. The molecule has 0 radical (unpaired) electrons. The van der Waals surface area contributed by atoms with Crippen LogP contribution in [-0.2, 0) is 19.3 Å². The van der Waals surface area contributed by atoms with E-state index in [9.17, 15) is 22.8 Å². The van der Waals surface area contributed by atoms with Crippen LogP contribution in [0.5, 0.6) is 0 Å². The van der Waals surface area contributed by atoms with Crippen LogP contribution in [0.4, 0.5) is 23.2 Å². The molecule has 0 saturated carbocycles. The molecule has 0 N–H and O–H groups in total. The van der Waals surface area contributed by atoms with Crippen LogP contribution in [0, 0.1) is 17.1 Å². The van der Waals surface area contributed by atoms with E-state index in [1.54, 1.807) is 42.5 Å². The molecule has 0 amide bonds. The summed E-state index contributed by atoms with van der Waals surface area (Å²) in [6, 6.07) is 18.9. The topological polar surface area (TPSA) is 30.3 Å². The number of rotatable bonds is 6. The Morgan fingerprint density at radius 2 is 1.74 bits per heavy atom. The molecule has 3 aromatic carbocycles. The lowest BCUT2D eigenvalue weighted by Crippen LogP contribution is -2.37. The van der Waals surface area contributed by atoms with Gasteiger partial charge in [-0.25, -0.2) is 4.39 Å². The lowest BCUT2D eigenvalue weighted by atomic mass is 10.0. The molecule has 34 heavy (non-hydrogen) atoms. The van der Waals surface area contributed by atoms with Gasteiger partial charge in [0.2, 0.25) is 0 Å². The fourth-order valence-corrected chi connectivity index (χ4v) is 4.62. The van der Waals surface area contributed by atoms with Crippen LogP contribution in [0.15, 0.2) is 66.7 Å². The van der Waals surface area contributed by atoms with E-state index in [0.29, 0.717) is 42.9 Å². The van der Waals surface area contributed by atoms with E-state index < -0.39 is 11.7 Å². The van der Waals surface area contributed by atoms with Crippen LogP contribution in [0.2, 0.25) is 5.02 Å². The number of hydrogen-bond acceptors (Lipinski definition) is 3. The number of halogens is 5. The van der Waals surface area contributed by atoms with Crippen molar-refractivity contribution in [1.29, 1.82) is 5.26 Å². The zero-order valence-corrected chi connectivity index (χ0v) is 19.0. The molecule has 0 bridgehead atoms. The summed E-state index contributed by atoms with van der Waals surface area (Å²) in [4.78, 5) is 4.00. The number of nitrogens with zero attached hydrogens (tertiary/aromatic N) is 3. The highest BCUT2D eigenvalue weighted by Gasteiger charge is 2.35. The third-order valence-corrected chi connectivity index (χ3v) is 6.42. The third-order valence-electron chi connectivity index (χ3n) is 6.11. The Hall–Kier alpha value is -3.08. The molecule has 176 valence electrons. The second-order valence-electron chi connectivity index (χ2n) is 8.33. The van der Waals surface area contributed by atoms with Gasteiger partial charge >= 0.3 is 6.18 Å². The first kappa shape index (κ1) is 24.1. The van der Waals surface area contributed by atoms with Crippen molar-refractivity contribution in [1.82, 2.24) is 4.90 Å². The maximum Gasteiger partial charge on any atom is 0.416 e. The van der Waals surface area contributed by atoms with E-state index >= 15 is 0 Å². The maximum absolute atomic E-state index is 14.1. The molecule has 1 fully saturated rings. The Balaban J connectivity index is 1.64. The van der Waals surface area contributed by atoms with Gasteiger partial charge in [-0.3, -0.25) is 4.90 Å². The van der Waals surface area contributed by atoms with Crippen molar-refractivity contribution in [3.8, 4) is 6.07 Å². The molecule has 0 spiro atoms. The largest absolute Gasteiger partial charge is 0.416 e. The zero-order chi connectivity index (χ0) is 24.3. The van der Waals surface area contributed by atoms with Gasteiger partial charge in [0.25, 0.3) is 0 Å². The van der Waals surface area contributed by atoms with Crippen molar-refractivity contribution < 1.29 is 17.6 Å². The summed E-state index contributed by atoms with van der Waals surface area (Å²) in [5.74, 6) is -0.277. The molecule has 4 rings (SSSR count). The zero-order valence-electron chi connectivity index (χ0n) is 18.2. The summed E-state index contributed by atoms with van der Waals surface area (Å²) in [5, 5.41) is 9.45. The van der Waals surface area contributed by atoms with Crippen molar-refractivity contribution in [2.24, 2.45) is 0 Å². The van der Waals surface area contributed by atoms with Crippen LogP contribution < -0.4 is 4.90 Å². The molecule has 0 unspecified atom stereocenters. The summed E-state index contributed by atoms with van der Waals surface area (Å²) >= 11 is 6.26. The first-order chi connectivity index (χ1) is 16.3. The Labute approximate surface area is 200 Å². The SMILES string of the molecule is N#Cc1ccc(N(Cc2ccccc2C(F)(F)F)[C@H]2CCN(Cc3ccccc3F)C2)cc1Cl. The minimum absolute atomic E-state index is 0.0239. The Morgan fingerprint density at radius 1 is 1.03 bits per heavy atom. The maximum atomic E-state index is 14.1. The van der Waals surface area contributed by atoms with E-state index in [0.717, 1.165) is 6.07 Å². The monoisotopic (exact) mass is 487 g/mol. The van der Waals surface area contributed by atoms with Gasteiger partial charge in [-0.05, 0) is 42.3 Å². The van der Waals surface area contributed by atoms with Gasteiger partial charge in [0, 0.05) is 43.5 Å². The number of benzene rings is 3. The predicted octanol–water partition coefficient (Wildman–Crippen LogP) is 6.65. The Bertz CT molecular complexity index is 1210. The van der Waals surface area contributed by atoms with Gasteiger partial charge < -0.3 is 4.90 Å². The molecule has 8 heteroatoms. The summed E-state index contributed by atoms with van der Waals surface area (Å²) in [7, 11) is 0. The lowest BCUT2D eigenvalue weighted by molar-refractivity contribution is -0.138. The van der Waals surface area contributed by atoms with Gasteiger partial charge in [0.05, 0.1) is 16.1 Å². The molecule has 3 aromatic rings. The molecule has 1 heterocycles. The summed E-state index contributed by atoms with van der Waals surface area (Å²) in [6.45, 7) is 1.68. The quantitative estimate of drug-likeness (QED) is 0.365. The second kappa shape index (κ2) is 10.0. The lowest BCUT2D eigenvalue weighted by Gasteiger charge is -2.32. The highest BCUT2D eigenvalue weighted by Crippen LogP contribution is 2.35. The summed E-state index contributed by atoms with van der Waals surface area (Å²) in [6.07, 6.45) is -3.78. The van der Waals surface area contributed by atoms with Gasteiger partial charge in [0.1, 0.15) is 11.9 Å². The first-order valence-electron chi connectivity index (χ1n) is 10.8. The van der Waals surface area contributed by atoms with Crippen molar-refractivity contribution in [2.75, 3.05) is 18.0 Å². The van der Waals surface area contributed by atoms with E-state index in [-0.39, 0.29) is 29.0 Å². The minimum Gasteiger partial charge on any atom is -0.363 e. The average Bonchev–Trinajstić information content (AvgIpc) is 3.27. The van der Waals surface area contributed by atoms with E-state index in [4.69, 9.17) is 11.6 Å². The van der Waals surface area contributed by atoms with Crippen molar-refractivity contribution in [2.45, 2.75) is 31.7 Å². The molecular formula is C26H22ClF4N3. The molecule has 0 aromatic heterocycles. The molecule has 0 aliphatic carbocycles. The van der Waals surface area contributed by atoms with Crippen LogP contribution in [0.3, 0.4) is 0 Å². The fraction of sp³-hybridized carbons (Fsp3) is 0.269. The Morgan fingerprint density at radius 3 is 2.41 bits per heavy atom. The molecule has 3 nitrogen and oxygen atoms in total. The van der Waals surface area contributed by atoms with Crippen LogP contribution in [-0.4, -0.2) is 24.0 Å². The van der Waals surface area contributed by atoms with Gasteiger partial charge in [-0.1, -0.05) is 48.0 Å². The normalized spacial score (nSPS) is 16.4. The van der Waals surface area contributed by atoms with Crippen molar-refractivity contribution in [3.63, 3.8) is 0 Å². The highest BCUT2D eigenvalue weighted by molar-refractivity contribution is 6.32. The van der Waals surface area contributed by atoms with E-state index in [2.05, 4.69) is 4.90 Å². The standard InChI is InChI=1S/C26H22ClF4N3/c27-24-13-21(10-9-18(24)14-32)34(16-19-5-1-3-7-23(19)26(29,30)31)22-11-12-33(17-22)15-20-6-2-4-8-25(20)28/h1-10,13,22H,11-12,15-17H2/t22-/m0/s1. The average molecular weight is 488 g/mol. The van der Waals surface area contributed by atoms with Crippen LogP contribution in [0.25, 0.3) is 0 Å². The van der Waals surface area contributed by atoms with Crippen molar-refractivity contribution >= 4 is 17.3 Å². The van der Waals surface area contributed by atoms with Gasteiger partial charge in [-0.15, -0.1) is 0 Å². The van der Waals surface area contributed by atoms with Gasteiger partial charge in [-0.2, -0.15) is 18.4 Å². The molecule has 1 atom stereocenters. The fourth-order valence-electron chi connectivity index (χ4n) is 4.40. The molecular weight excluding hydrogens is 466 g/mol. The first-order valence-corrected chi connectivity index (χ1v) is 11.2. The molecule has 1 aliphatic heterocycles. The predicted molar refractivity (Wildman–Crippen MR) is 124 cm³/mol. The number of nitriles is 1. The summed E-state index contributed by atoms with van der Waals surface area (Å²) < 4.78 is 55.1. The van der Waals surface area contributed by atoms with Crippen molar-refractivity contribution in [3.05, 3.63) is 99.8 Å².